The van der Waals surface area contributed by atoms with Crippen LogP contribution < -0.4 is 5.32 Å². The molecule has 1 aromatic heterocycles. The highest BCUT2D eigenvalue weighted by Gasteiger charge is 2.16. The van der Waals surface area contributed by atoms with Gasteiger partial charge in [0.1, 0.15) is 0 Å². The predicted octanol–water partition coefficient (Wildman–Crippen LogP) is 1.87. The average Bonchev–Trinajstić information content (AvgIpc) is 3.01. The summed E-state index contributed by atoms with van der Waals surface area (Å²) in [5, 5.41) is 3.50. The number of likely N-dealkylation sites (N-methyl/N-ethyl adjacent to an activating group) is 1. The maximum Gasteiger partial charge on any atom is 0.0947 e. The van der Waals surface area contributed by atoms with Crippen molar-refractivity contribution in [2.24, 2.45) is 0 Å². The Morgan fingerprint density at radius 3 is 3.11 bits per heavy atom. The molecule has 18 heavy (non-hydrogen) atoms. The monoisotopic (exact) mass is 252 g/mol. The third-order valence-corrected chi connectivity index (χ3v) is 3.60. The Hall–Kier alpha value is -0.840. The lowest BCUT2D eigenvalue weighted by Gasteiger charge is -2.25. The molecule has 1 saturated heterocycles. The first kappa shape index (κ1) is 13.6. The van der Waals surface area contributed by atoms with Crippen molar-refractivity contribution < 1.29 is 9.15 Å². The van der Waals surface area contributed by atoms with E-state index in [1.807, 2.05) is 12.3 Å². The smallest absolute Gasteiger partial charge is 0.0947 e. The van der Waals surface area contributed by atoms with E-state index >= 15 is 0 Å². The van der Waals surface area contributed by atoms with Gasteiger partial charge in [0, 0.05) is 37.8 Å². The van der Waals surface area contributed by atoms with Gasteiger partial charge >= 0.3 is 0 Å². The molecule has 2 heterocycles. The fraction of sp³-hybridized carbons (Fsp3) is 0.714. The first-order chi connectivity index (χ1) is 8.75. The highest BCUT2D eigenvalue weighted by molar-refractivity contribution is 5.04. The first-order valence-corrected chi connectivity index (χ1v) is 6.79. The summed E-state index contributed by atoms with van der Waals surface area (Å²) in [6, 6.07) is 2.52. The zero-order chi connectivity index (χ0) is 12.8. The summed E-state index contributed by atoms with van der Waals surface area (Å²) in [6.45, 7) is 6.07. The Balaban J connectivity index is 1.62. The molecule has 0 saturated carbocycles. The van der Waals surface area contributed by atoms with E-state index in [1.165, 1.54) is 18.4 Å². The van der Waals surface area contributed by atoms with Crippen molar-refractivity contribution in [3.63, 3.8) is 0 Å². The van der Waals surface area contributed by atoms with Gasteiger partial charge in [-0.1, -0.05) is 0 Å². The molecule has 0 bridgehead atoms. The van der Waals surface area contributed by atoms with Crippen LogP contribution in [0.3, 0.4) is 0 Å². The molecule has 4 heteroatoms. The third-order valence-electron chi connectivity index (χ3n) is 3.60. The molecular weight excluding hydrogens is 228 g/mol. The van der Waals surface area contributed by atoms with E-state index in [4.69, 9.17) is 9.15 Å². The Morgan fingerprint density at radius 2 is 2.44 bits per heavy atom. The van der Waals surface area contributed by atoms with E-state index in [9.17, 15) is 0 Å². The topological polar surface area (TPSA) is 37.6 Å². The number of hydrogen-bond donors (Lipinski definition) is 1. The van der Waals surface area contributed by atoms with Crippen molar-refractivity contribution in [1.82, 2.24) is 10.2 Å². The van der Waals surface area contributed by atoms with Crippen LogP contribution in [0.5, 0.6) is 0 Å². The Bertz CT molecular complexity index is 321. The summed E-state index contributed by atoms with van der Waals surface area (Å²) >= 11 is 0. The SMILES string of the molecule is CC(CNCC1CCCO1)N(C)Cc1ccoc1. The van der Waals surface area contributed by atoms with E-state index in [0.717, 1.165) is 26.2 Å². The van der Waals surface area contributed by atoms with Crippen molar-refractivity contribution in [3.8, 4) is 0 Å². The molecule has 1 aliphatic rings. The van der Waals surface area contributed by atoms with Gasteiger partial charge in [0.2, 0.25) is 0 Å². The molecule has 1 aliphatic heterocycles. The lowest BCUT2D eigenvalue weighted by Crippen LogP contribution is -2.39. The number of hydrogen-bond acceptors (Lipinski definition) is 4. The van der Waals surface area contributed by atoms with Gasteiger partial charge in [-0.3, -0.25) is 4.90 Å². The van der Waals surface area contributed by atoms with Gasteiger partial charge in [-0.05, 0) is 32.9 Å². The summed E-state index contributed by atoms with van der Waals surface area (Å²) in [7, 11) is 2.14. The molecule has 102 valence electrons. The molecule has 4 nitrogen and oxygen atoms in total. The second-order valence-electron chi connectivity index (χ2n) is 5.19. The molecule has 1 fully saturated rings. The van der Waals surface area contributed by atoms with Crippen LogP contribution in [-0.4, -0.2) is 43.8 Å². The van der Waals surface area contributed by atoms with Crippen molar-refractivity contribution in [3.05, 3.63) is 24.2 Å². The van der Waals surface area contributed by atoms with Gasteiger partial charge in [0.15, 0.2) is 0 Å². The van der Waals surface area contributed by atoms with Crippen LogP contribution in [0.15, 0.2) is 23.0 Å². The molecule has 1 N–H and O–H groups in total. The maximum absolute atomic E-state index is 5.59. The lowest BCUT2D eigenvalue weighted by atomic mass is 10.2. The zero-order valence-corrected chi connectivity index (χ0v) is 11.4. The summed E-state index contributed by atoms with van der Waals surface area (Å²) in [6.07, 6.45) is 6.37. The van der Waals surface area contributed by atoms with Crippen molar-refractivity contribution in [2.45, 2.75) is 38.5 Å². The van der Waals surface area contributed by atoms with Gasteiger partial charge in [0.25, 0.3) is 0 Å². The minimum absolute atomic E-state index is 0.427. The second kappa shape index (κ2) is 6.92. The summed E-state index contributed by atoms with van der Waals surface area (Å²) in [5.41, 5.74) is 1.23. The third kappa shape index (κ3) is 4.12. The molecule has 0 spiro atoms. The molecular formula is C14H24N2O2. The number of rotatable bonds is 7. The molecule has 0 amide bonds. The quantitative estimate of drug-likeness (QED) is 0.804. The van der Waals surface area contributed by atoms with Crippen molar-refractivity contribution >= 4 is 0 Å². The van der Waals surface area contributed by atoms with Gasteiger partial charge in [-0.15, -0.1) is 0 Å². The number of nitrogens with zero attached hydrogens (tertiary/aromatic N) is 1. The molecule has 2 unspecified atom stereocenters. The Labute approximate surface area is 109 Å². The summed E-state index contributed by atoms with van der Waals surface area (Å²) < 4.78 is 10.7. The standard InChI is InChI=1S/C14H24N2O2/c1-12(8-15-9-14-4-3-6-18-14)16(2)10-13-5-7-17-11-13/h5,7,11-12,14-15H,3-4,6,8-10H2,1-2H3. The predicted molar refractivity (Wildman–Crippen MR) is 71.5 cm³/mol. The highest BCUT2D eigenvalue weighted by Crippen LogP contribution is 2.11. The normalized spacial score (nSPS) is 21.6. The van der Waals surface area contributed by atoms with E-state index in [1.54, 1.807) is 6.26 Å². The van der Waals surface area contributed by atoms with Crippen molar-refractivity contribution in [1.29, 1.82) is 0 Å². The minimum Gasteiger partial charge on any atom is -0.472 e. The Kier molecular flexibility index (Phi) is 5.23. The van der Waals surface area contributed by atoms with Crippen LogP contribution in [0, 0.1) is 0 Å². The van der Waals surface area contributed by atoms with Crippen LogP contribution in [0.1, 0.15) is 25.3 Å². The molecule has 0 radical (unpaired) electrons. The number of furan rings is 1. The van der Waals surface area contributed by atoms with E-state index < -0.39 is 0 Å². The molecule has 1 aromatic rings. The van der Waals surface area contributed by atoms with E-state index in [2.05, 4.69) is 24.2 Å². The largest absolute Gasteiger partial charge is 0.472 e. The maximum atomic E-state index is 5.59. The molecule has 2 atom stereocenters. The van der Waals surface area contributed by atoms with Gasteiger partial charge in [-0.2, -0.15) is 0 Å². The van der Waals surface area contributed by atoms with Crippen LogP contribution in [0.2, 0.25) is 0 Å². The van der Waals surface area contributed by atoms with Crippen LogP contribution in [0.4, 0.5) is 0 Å². The molecule has 0 aliphatic carbocycles. The first-order valence-electron chi connectivity index (χ1n) is 6.79. The minimum atomic E-state index is 0.427. The van der Waals surface area contributed by atoms with Gasteiger partial charge in [-0.25, -0.2) is 0 Å². The summed E-state index contributed by atoms with van der Waals surface area (Å²) in [4.78, 5) is 2.33. The number of ether oxygens (including phenoxy) is 1. The Morgan fingerprint density at radius 1 is 1.56 bits per heavy atom. The van der Waals surface area contributed by atoms with Crippen LogP contribution in [0.25, 0.3) is 0 Å². The average molecular weight is 252 g/mol. The second-order valence-corrected chi connectivity index (χ2v) is 5.19. The van der Waals surface area contributed by atoms with E-state index in [-0.39, 0.29) is 0 Å². The lowest BCUT2D eigenvalue weighted by molar-refractivity contribution is 0.108. The molecule has 2 rings (SSSR count). The van der Waals surface area contributed by atoms with Gasteiger partial charge in [0.05, 0.1) is 18.6 Å². The number of nitrogens with one attached hydrogen (secondary N) is 1. The van der Waals surface area contributed by atoms with Crippen LogP contribution in [-0.2, 0) is 11.3 Å². The van der Waals surface area contributed by atoms with Crippen molar-refractivity contribution in [2.75, 3.05) is 26.7 Å². The fourth-order valence-corrected chi connectivity index (χ4v) is 2.24. The fourth-order valence-electron chi connectivity index (χ4n) is 2.24. The van der Waals surface area contributed by atoms with E-state index in [0.29, 0.717) is 12.1 Å². The van der Waals surface area contributed by atoms with Gasteiger partial charge < -0.3 is 14.5 Å². The highest BCUT2D eigenvalue weighted by atomic mass is 16.5. The summed E-state index contributed by atoms with van der Waals surface area (Å²) in [5.74, 6) is 0. The zero-order valence-electron chi connectivity index (χ0n) is 11.4. The van der Waals surface area contributed by atoms with Crippen LogP contribution >= 0.6 is 0 Å². The molecule has 0 aromatic carbocycles.